The number of alkyl halides is 3. The minimum absolute atomic E-state index is 0.0122. The quantitative estimate of drug-likeness (QED) is 0.832. The summed E-state index contributed by atoms with van der Waals surface area (Å²) < 4.78 is 40.5. The van der Waals surface area contributed by atoms with Gasteiger partial charge in [0.25, 0.3) is 5.91 Å². The van der Waals surface area contributed by atoms with Crippen molar-refractivity contribution in [3.8, 4) is 0 Å². The van der Waals surface area contributed by atoms with Crippen molar-refractivity contribution in [3.05, 3.63) is 65.2 Å². The fourth-order valence-corrected chi connectivity index (χ4v) is 3.07. The Morgan fingerprint density at radius 1 is 1.10 bits per heavy atom. The van der Waals surface area contributed by atoms with Crippen LogP contribution >= 0.6 is 0 Å². The van der Waals surface area contributed by atoms with Crippen molar-refractivity contribution < 1.29 is 22.8 Å². The molecule has 0 fully saturated rings. The molecule has 0 bridgehead atoms. The lowest BCUT2D eigenvalue weighted by Crippen LogP contribution is -2.44. The highest BCUT2D eigenvalue weighted by Crippen LogP contribution is 2.33. The predicted octanol–water partition coefficient (Wildman–Crippen LogP) is 4.21. The number of rotatable bonds is 4. The highest BCUT2D eigenvalue weighted by atomic mass is 19.4. The summed E-state index contributed by atoms with van der Waals surface area (Å²) in [5.74, 6) is -1.26. The number of nitrogens with zero attached hydrogens (tertiary/aromatic N) is 2. The van der Waals surface area contributed by atoms with Gasteiger partial charge in [0.1, 0.15) is 5.71 Å². The maximum Gasteiger partial charge on any atom is 0.412 e. The number of carbonyl (C=O) groups excluding carboxylic acids is 2. The fraction of sp³-hybridized carbons (Fsp3) is 0.286. The van der Waals surface area contributed by atoms with E-state index < -0.39 is 18.1 Å². The minimum atomic E-state index is -4.67. The number of amides is 2. The molecule has 0 radical (unpaired) electrons. The van der Waals surface area contributed by atoms with Crippen LogP contribution in [0.4, 0.5) is 18.9 Å². The maximum absolute atomic E-state index is 13.5. The number of nitrogens with one attached hydrogen (secondary N) is 1. The minimum Gasteiger partial charge on any atom is -0.336 e. The van der Waals surface area contributed by atoms with Gasteiger partial charge in [-0.3, -0.25) is 9.59 Å². The molecule has 2 amide bonds. The van der Waals surface area contributed by atoms with E-state index in [2.05, 4.69) is 5.10 Å². The summed E-state index contributed by atoms with van der Waals surface area (Å²) in [6.07, 6.45) is -4.71. The highest BCUT2D eigenvalue weighted by molar-refractivity contribution is 6.40. The van der Waals surface area contributed by atoms with Crippen LogP contribution in [0, 0.1) is 13.8 Å². The predicted molar refractivity (Wildman–Crippen MR) is 103 cm³/mol. The number of anilines is 1. The van der Waals surface area contributed by atoms with Crippen LogP contribution < -0.4 is 10.3 Å². The molecule has 5 nitrogen and oxygen atoms in total. The van der Waals surface area contributed by atoms with Crippen LogP contribution in [0.25, 0.3) is 0 Å². The molecule has 2 aromatic carbocycles. The average Bonchev–Trinajstić information content (AvgIpc) is 2.68. The van der Waals surface area contributed by atoms with Crippen molar-refractivity contribution in [2.24, 2.45) is 5.10 Å². The zero-order chi connectivity index (χ0) is 21.2. The molecule has 8 heteroatoms. The van der Waals surface area contributed by atoms with Gasteiger partial charge in [-0.2, -0.15) is 18.3 Å². The first kappa shape index (κ1) is 20.6. The van der Waals surface area contributed by atoms with Gasteiger partial charge in [-0.15, -0.1) is 0 Å². The van der Waals surface area contributed by atoms with Crippen molar-refractivity contribution in [3.63, 3.8) is 0 Å². The van der Waals surface area contributed by atoms with E-state index in [1.807, 2.05) is 24.4 Å². The zero-order valence-corrected chi connectivity index (χ0v) is 16.0. The maximum atomic E-state index is 13.5. The molecule has 1 aliphatic rings. The van der Waals surface area contributed by atoms with Gasteiger partial charge in [-0.05, 0) is 36.6 Å². The SMILES string of the molecule is Cc1ccc(C)c(N2N=C(C(=O)NC(c3ccccc3)C(F)(F)F)CCC2=O)c1. The van der Waals surface area contributed by atoms with E-state index in [-0.39, 0.29) is 30.0 Å². The Kier molecular flexibility index (Phi) is 5.72. The normalized spacial score (nSPS) is 15.7. The molecule has 0 aliphatic carbocycles. The van der Waals surface area contributed by atoms with Crippen molar-refractivity contribution in [2.75, 3.05) is 5.01 Å². The Hall–Kier alpha value is -3.16. The lowest BCUT2D eigenvalue weighted by atomic mass is 10.0. The summed E-state index contributed by atoms with van der Waals surface area (Å²) in [6.45, 7) is 3.64. The number of carbonyl (C=O) groups is 2. The molecule has 1 aliphatic heterocycles. The van der Waals surface area contributed by atoms with Crippen LogP contribution in [0.1, 0.15) is 35.6 Å². The molecule has 29 heavy (non-hydrogen) atoms. The van der Waals surface area contributed by atoms with E-state index in [1.54, 1.807) is 19.1 Å². The first-order valence-corrected chi connectivity index (χ1v) is 9.07. The first-order chi connectivity index (χ1) is 13.7. The van der Waals surface area contributed by atoms with Crippen LogP contribution in [-0.2, 0) is 9.59 Å². The lowest BCUT2D eigenvalue weighted by molar-refractivity contribution is -0.161. The van der Waals surface area contributed by atoms with Gasteiger partial charge in [0.2, 0.25) is 5.91 Å². The number of halogens is 3. The van der Waals surface area contributed by atoms with E-state index in [9.17, 15) is 22.8 Å². The second-order valence-electron chi connectivity index (χ2n) is 6.90. The van der Waals surface area contributed by atoms with Crippen molar-refractivity contribution in [1.82, 2.24) is 5.32 Å². The fourth-order valence-electron chi connectivity index (χ4n) is 3.07. The Labute approximate surface area is 166 Å². The molecule has 1 atom stereocenters. The summed E-state index contributed by atoms with van der Waals surface area (Å²) in [5.41, 5.74) is 1.98. The van der Waals surface area contributed by atoms with E-state index in [0.717, 1.165) is 16.1 Å². The Balaban J connectivity index is 1.89. The third-order valence-electron chi connectivity index (χ3n) is 4.62. The topological polar surface area (TPSA) is 61.8 Å². The van der Waals surface area contributed by atoms with Gasteiger partial charge in [-0.1, -0.05) is 42.5 Å². The number of hydrogen-bond donors (Lipinski definition) is 1. The summed E-state index contributed by atoms with van der Waals surface area (Å²) in [5, 5.41) is 7.21. The smallest absolute Gasteiger partial charge is 0.336 e. The van der Waals surface area contributed by atoms with Crippen molar-refractivity contribution >= 4 is 23.2 Å². The molecule has 1 heterocycles. The zero-order valence-electron chi connectivity index (χ0n) is 16.0. The lowest BCUT2D eigenvalue weighted by Gasteiger charge is -2.26. The highest BCUT2D eigenvalue weighted by Gasteiger charge is 2.42. The molecule has 1 N–H and O–H groups in total. The van der Waals surface area contributed by atoms with Gasteiger partial charge >= 0.3 is 6.18 Å². The van der Waals surface area contributed by atoms with E-state index in [0.29, 0.717) is 5.69 Å². The molecule has 2 aromatic rings. The van der Waals surface area contributed by atoms with Gasteiger partial charge in [0.15, 0.2) is 6.04 Å². The van der Waals surface area contributed by atoms with Crippen molar-refractivity contribution in [1.29, 1.82) is 0 Å². The number of hydrogen-bond acceptors (Lipinski definition) is 3. The van der Waals surface area contributed by atoms with Gasteiger partial charge < -0.3 is 5.32 Å². The monoisotopic (exact) mass is 403 g/mol. The Morgan fingerprint density at radius 2 is 1.79 bits per heavy atom. The van der Waals surface area contributed by atoms with Crippen LogP contribution in [0.3, 0.4) is 0 Å². The number of aryl methyl sites for hydroxylation is 2. The van der Waals surface area contributed by atoms with Gasteiger partial charge in [0.05, 0.1) is 5.69 Å². The number of hydrazone groups is 1. The Bertz CT molecular complexity index is 955. The summed E-state index contributed by atoms with van der Waals surface area (Å²) >= 11 is 0. The average molecular weight is 403 g/mol. The summed E-state index contributed by atoms with van der Waals surface area (Å²) in [4.78, 5) is 24.9. The van der Waals surface area contributed by atoms with Crippen LogP contribution in [0.15, 0.2) is 53.6 Å². The molecule has 0 saturated carbocycles. The Morgan fingerprint density at radius 3 is 2.45 bits per heavy atom. The second-order valence-corrected chi connectivity index (χ2v) is 6.90. The molecule has 152 valence electrons. The van der Waals surface area contributed by atoms with E-state index in [1.165, 1.54) is 24.3 Å². The molecule has 0 saturated heterocycles. The van der Waals surface area contributed by atoms with Gasteiger partial charge in [0, 0.05) is 12.8 Å². The molecule has 0 aromatic heterocycles. The largest absolute Gasteiger partial charge is 0.412 e. The van der Waals surface area contributed by atoms with E-state index in [4.69, 9.17) is 0 Å². The second kappa shape index (κ2) is 8.06. The van der Waals surface area contributed by atoms with Crippen LogP contribution in [0.5, 0.6) is 0 Å². The van der Waals surface area contributed by atoms with Crippen LogP contribution in [0.2, 0.25) is 0 Å². The molecule has 1 unspecified atom stereocenters. The third kappa shape index (κ3) is 4.64. The van der Waals surface area contributed by atoms with Gasteiger partial charge in [-0.25, -0.2) is 5.01 Å². The third-order valence-corrected chi connectivity index (χ3v) is 4.62. The molecular weight excluding hydrogens is 383 g/mol. The first-order valence-electron chi connectivity index (χ1n) is 9.07. The molecule has 0 spiro atoms. The summed E-state index contributed by atoms with van der Waals surface area (Å²) in [7, 11) is 0. The van der Waals surface area contributed by atoms with Crippen LogP contribution in [-0.4, -0.2) is 23.7 Å². The summed E-state index contributed by atoms with van der Waals surface area (Å²) in [6, 6.07) is 10.4. The standard InChI is InChI=1S/C21H20F3N3O2/c1-13-8-9-14(2)17(12-13)27-18(28)11-10-16(26-27)20(29)25-19(21(22,23)24)15-6-4-3-5-7-15/h3-9,12,19H,10-11H2,1-2H3,(H,25,29). The molecular formula is C21H20F3N3O2. The number of benzene rings is 2. The van der Waals surface area contributed by atoms with E-state index >= 15 is 0 Å². The molecule has 3 rings (SSSR count). The van der Waals surface area contributed by atoms with Crippen molar-refractivity contribution in [2.45, 2.75) is 38.9 Å².